The van der Waals surface area contributed by atoms with Gasteiger partial charge < -0.3 is 21.1 Å². The highest BCUT2D eigenvalue weighted by Crippen LogP contribution is 2.37. The lowest BCUT2D eigenvalue weighted by molar-refractivity contribution is -0.116. The van der Waals surface area contributed by atoms with Crippen LogP contribution in [0.3, 0.4) is 0 Å². The minimum Gasteiger partial charge on any atom is -0.486 e. The van der Waals surface area contributed by atoms with E-state index in [1.54, 1.807) is 0 Å². The van der Waals surface area contributed by atoms with Gasteiger partial charge in [0.05, 0.1) is 24.5 Å². The molecular formula is C15H18N4O2S. The number of fused-ring (bicyclic) bond motifs is 1. The molecule has 0 aliphatic carbocycles. The zero-order chi connectivity index (χ0) is 15.7. The van der Waals surface area contributed by atoms with Crippen molar-refractivity contribution in [3.63, 3.8) is 0 Å². The predicted octanol–water partition coefficient (Wildman–Crippen LogP) is 1.85. The second kappa shape index (κ2) is 5.84. The van der Waals surface area contributed by atoms with Gasteiger partial charge in [-0.2, -0.15) is 0 Å². The van der Waals surface area contributed by atoms with Crippen LogP contribution >= 0.6 is 11.3 Å². The summed E-state index contributed by atoms with van der Waals surface area (Å²) < 4.78 is 5.95. The van der Waals surface area contributed by atoms with Crippen molar-refractivity contribution in [2.75, 3.05) is 23.7 Å². The topological polar surface area (TPSA) is 94.5 Å². The second-order valence-electron chi connectivity index (χ2n) is 5.25. The number of primary amides is 1. The minimum atomic E-state index is -0.356. The fourth-order valence-corrected chi connectivity index (χ4v) is 3.13. The van der Waals surface area contributed by atoms with E-state index in [4.69, 9.17) is 16.2 Å². The van der Waals surface area contributed by atoms with Crippen molar-refractivity contribution >= 4 is 28.1 Å². The van der Waals surface area contributed by atoms with Gasteiger partial charge in [-0.25, -0.2) is 4.98 Å². The molecule has 1 aliphatic heterocycles. The van der Waals surface area contributed by atoms with E-state index in [1.807, 2.05) is 28.5 Å². The maximum Gasteiger partial charge on any atom is 0.236 e. The first-order valence-electron chi connectivity index (χ1n) is 7.12. The average molecular weight is 318 g/mol. The molecule has 116 valence electrons. The summed E-state index contributed by atoms with van der Waals surface area (Å²) in [4.78, 5) is 17.6. The Kier molecular flexibility index (Phi) is 3.89. The number of aromatic nitrogens is 1. The number of rotatable bonds is 4. The Hall–Kier alpha value is -2.28. The van der Waals surface area contributed by atoms with E-state index in [9.17, 15) is 4.79 Å². The smallest absolute Gasteiger partial charge is 0.236 e. The minimum absolute atomic E-state index is 0.0626. The summed E-state index contributed by atoms with van der Waals surface area (Å²) in [6.07, 6.45) is 0.937. The van der Waals surface area contributed by atoms with E-state index < -0.39 is 0 Å². The molecule has 6 nitrogen and oxygen atoms in total. The lowest BCUT2D eigenvalue weighted by Crippen LogP contribution is -2.43. The first kappa shape index (κ1) is 14.6. The third kappa shape index (κ3) is 2.85. The van der Waals surface area contributed by atoms with Crippen LogP contribution in [0, 0.1) is 0 Å². The van der Waals surface area contributed by atoms with E-state index in [0.29, 0.717) is 11.7 Å². The lowest BCUT2D eigenvalue weighted by Gasteiger charge is -2.35. The normalized spacial score (nSPS) is 17.0. The first-order chi connectivity index (χ1) is 10.6. The second-order valence-corrected chi connectivity index (χ2v) is 6.14. The van der Waals surface area contributed by atoms with Gasteiger partial charge in [0.15, 0.2) is 5.13 Å². The highest BCUT2D eigenvalue weighted by Gasteiger charge is 2.26. The van der Waals surface area contributed by atoms with Gasteiger partial charge in [0.2, 0.25) is 5.91 Å². The number of carbonyl (C=O) groups excluding carboxylic acids is 1. The molecule has 0 spiro atoms. The van der Waals surface area contributed by atoms with E-state index >= 15 is 0 Å². The Balaban J connectivity index is 1.99. The summed E-state index contributed by atoms with van der Waals surface area (Å²) >= 11 is 1.40. The molecule has 4 N–H and O–H groups in total. The number of nitrogens with two attached hydrogens (primary N) is 2. The predicted molar refractivity (Wildman–Crippen MR) is 88.1 cm³/mol. The molecule has 0 radical (unpaired) electrons. The van der Waals surface area contributed by atoms with E-state index in [0.717, 1.165) is 29.1 Å². The molecule has 1 aromatic carbocycles. The van der Waals surface area contributed by atoms with Crippen LogP contribution in [0.1, 0.15) is 13.3 Å². The molecule has 2 heterocycles. The quantitative estimate of drug-likeness (QED) is 0.897. The summed E-state index contributed by atoms with van der Waals surface area (Å²) in [5.74, 6) is 0.414. The molecule has 22 heavy (non-hydrogen) atoms. The number of nitrogen functional groups attached to an aromatic ring is 1. The highest BCUT2D eigenvalue weighted by atomic mass is 32.1. The Morgan fingerprint density at radius 3 is 3.00 bits per heavy atom. The Morgan fingerprint density at radius 2 is 2.36 bits per heavy atom. The molecule has 0 saturated carbocycles. The van der Waals surface area contributed by atoms with Gasteiger partial charge in [0.25, 0.3) is 0 Å². The molecule has 7 heteroatoms. The lowest BCUT2D eigenvalue weighted by atomic mass is 10.1. The first-order valence-corrected chi connectivity index (χ1v) is 8.00. The number of nitrogens with zero attached hydrogens (tertiary/aromatic N) is 2. The maximum absolute atomic E-state index is 11.3. The number of carbonyl (C=O) groups is 1. The summed E-state index contributed by atoms with van der Waals surface area (Å²) in [5, 5.41) is 2.44. The van der Waals surface area contributed by atoms with Crippen LogP contribution in [0.15, 0.2) is 23.6 Å². The Bertz CT molecular complexity index is 701. The summed E-state index contributed by atoms with van der Waals surface area (Å²) in [5.41, 5.74) is 13.7. The molecule has 1 aliphatic rings. The number of hydrogen-bond donors (Lipinski definition) is 2. The Labute approximate surface area is 132 Å². The van der Waals surface area contributed by atoms with Crippen molar-refractivity contribution in [1.82, 2.24) is 4.98 Å². The molecular weight excluding hydrogens is 300 g/mol. The van der Waals surface area contributed by atoms with Crippen LogP contribution in [0.2, 0.25) is 0 Å². The Morgan fingerprint density at radius 1 is 1.55 bits per heavy atom. The molecule has 0 bridgehead atoms. The summed E-state index contributed by atoms with van der Waals surface area (Å²) in [7, 11) is 0. The van der Waals surface area contributed by atoms with Gasteiger partial charge in [-0.05, 0) is 24.6 Å². The third-order valence-corrected chi connectivity index (χ3v) is 4.31. The van der Waals surface area contributed by atoms with Crippen LogP contribution in [0.4, 0.5) is 10.8 Å². The number of hydrogen-bond acceptors (Lipinski definition) is 6. The van der Waals surface area contributed by atoms with Crippen molar-refractivity contribution in [2.24, 2.45) is 5.73 Å². The molecule has 0 fully saturated rings. The number of benzene rings is 1. The molecule has 1 amide bonds. The van der Waals surface area contributed by atoms with E-state index in [2.05, 4.69) is 11.9 Å². The van der Waals surface area contributed by atoms with Gasteiger partial charge in [-0.1, -0.05) is 6.92 Å². The molecule has 3 rings (SSSR count). The van der Waals surface area contributed by atoms with Crippen molar-refractivity contribution in [3.05, 3.63) is 23.6 Å². The molecule has 1 unspecified atom stereocenters. The van der Waals surface area contributed by atoms with Crippen LogP contribution in [0.25, 0.3) is 11.3 Å². The summed E-state index contributed by atoms with van der Waals surface area (Å²) in [6.45, 7) is 2.88. The zero-order valence-corrected chi connectivity index (χ0v) is 13.1. The number of anilines is 2. The summed E-state index contributed by atoms with van der Waals surface area (Å²) in [6, 6.07) is 5.84. The van der Waals surface area contributed by atoms with Crippen LogP contribution in [-0.2, 0) is 4.79 Å². The molecule has 2 aromatic rings. The zero-order valence-electron chi connectivity index (χ0n) is 12.3. The van der Waals surface area contributed by atoms with Gasteiger partial charge >= 0.3 is 0 Å². The van der Waals surface area contributed by atoms with Crippen molar-refractivity contribution in [1.29, 1.82) is 0 Å². The number of amides is 1. The highest BCUT2D eigenvalue weighted by molar-refractivity contribution is 7.13. The van der Waals surface area contributed by atoms with Crippen LogP contribution < -0.4 is 21.1 Å². The molecule has 1 aromatic heterocycles. The van der Waals surface area contributed by atoms with Gasteiger partial charge in [0.1, 0.15) is 11.9 Å². The van der Waals surface area contributed by atoms with E-state index in [-0.39, 0.29) is 18.6 Å². The largest absolute Gasteiger partial charge is 0.486 e. The van der Waals surface area contributed by atoms with Crippen molar-refractivity contribution in [2.45, 2.75) is 19.4 Å². The van der Waals surface area contributed by atoms with Crippen molar-refractivity contribution < 1.29 is 9.53 Å². The molecule has 0 saturated heterocycles. The van der Waals surface area contributed by atoms with E-state index in [1.165, 1.54) is 11.3 Å². The van der Waals surface area contributed by atoms with Crippen LogP contribution in [0.5, 0.6) is 5.75 Å². The maximum atomic E-state index is 11.3. The van der Waals surface area contributed by atoms with Gasteiger partial charge in [-0.3, -0.25) is 4.79 Å². The average Bonchev–Trinajstić information content (AvgIpc) is 2.92. The SMILES string of the molecule is CCC1CN(CC(N)=O)c2cc(-c3csc(N)n3)ccc2O1. The van der Waals surface area contributed by atoms with Crippen LogP contribution in [-0.4, -0.2) is 30.1 Å². The third-order valence-electron chi connectivity index (χ3n) is 3.64. The monoisotopic (exact) mass is 318 g/mol. The number of thiazole rings is 1. The van der Waals surface area contributed by atoms with Gasteiger partial charge in [0, 0.05) is 10.9 Å². The van der Waals surface area contributed by atoms with Crippen molar-refractivity contribution in [3.8, 4) is 17.0 Å². The number of ether oxygens (including phenoxy) is 1. The fraction of sp³-hybridized carbons (Fsp3) is 0.333. The fourth-order valence-electron chi connectivity index (χ4n) is 2.55. The standard InChI is InChI=1S/C15H18N4O2S/c1-2-10-6-19(7-14(16)20)12-5-9(3-4-13(12)21-10)11-8-22-15(17)18-11/h3-5,8,10H,2,6-7H2,1H3,(H2,16,20)(H2,17,18). The molecule has 1 atom stereocenters. The van der Waals surface area contributed by atoms with Gasteiger partial charge in [-0.15, -0.1) is 11.3 Å².